The van der Waals surface area contributed by atoms with E-state index in [-0.39, 0.29) is 17.9 Å². The summed E-state index contributed by atoms with van der Waals surface area (Å²) in [6.07, 6.45) is 8.11. The highest BCUT2D eigenvalue weighted by atomic mass is 16.3. The van der Waals surface area contributed by atoms with Gasteiger partial charge >= 0.3 is 0 Å². The number of hydrogen-bond acceptors (Lipinski definition) is 7. The molecule has 2 aliphatic rings. The van der Waals surface area contributed by atoms with Crippen LogP contribution in [0.2, 0.25) is 0 Å². The van der Waals surface area contributed by atoms with Crippen molar-refractivity contribution in [2.75, 3.05) is 18.0 Å². The first kappa shape index (κ1) is 23.2. The fraction of sp³-hybridized carbons (Fsp3) is 0.370. The van der Waals surface area contributed by atoms with Crippen LogP contribution in [0.3, 0.4) is 0 Å². The average molecular weight is 497 g/mol. The maximum absolute atomic E-state index is 12.2. The van der Waals surface area contributed by atoms with Crippen LogP contribution >= 0.6 is 0 Å². The molecule has 0 unspecified atom stereocenters. The van der Waals surface area contributed by atoms with Gasteiger partial charge in [0.2, 0.25) is 5.91 Å². The third-order valence-corrected chi connectivity index (χ3v) is 7.56. The minimum Gasteiger partial charge on any atom is -0.383 e. The third kappa shape index (κ3) is 4.01. The fourth-order valence-corrected chi connectivity index (χ4v) is 5.36. The summed E-state index contributed by atoms with van der Waals surface area (Å²) in [5.74, 6) is 1.27. The minimum atomic E-state index is -0.966. The standard InChI is InChI=1S/C27H28N8O2/c1-15(2)26(36)27(37)32-24-21-13-34(14-22(21)24)23-5-4-16(8-29-23)20-6-17(19-10-30-33(3)11-19)12-35-25(20)18(7-28)9-31-35/h4-6,8-12,15,21-22,24,26,36H,13-14H2,1-3H3,(H,32,37)/t21-,22+,24+,26-/m1/s1. The van der Waals surface area contributed by atoms with Gasteiger partial charge in [-0.05, 0) is 24.1 Å². The Morgan fingerprint density at radius 1 is 1.11 bits per heavy atom. The van der Waals surface area contributed by atoms with Gasteiger partial charge in [0.1, 0.15) is 18.0 Å². The number of carbonyl (C=O) groups excluding carboxylic acids is 1. The van der Waals surface area contributed by atoms with Crippen molar-refractivity contribution in [3.05, 3.63) is 54.7 Å². The van der Waals surface area contributed by atoms with Gasteiger partial charge in [0, 0.05) is 78.9 Å². The number of aliphatic hydroxyl groups is 1. The lowest BCUT2D eigenvalue weighted by Crippen LogP contribution is -2.42. The second kappa shape index (κ2) is 8.71. The highest BCUT2D eigenvalue weighted by Gasteiger charge is 2.57. The van der Waals surface area contributed by atoms with Crippen molar-refractivity contribution < 1.29 is 9.90 Å². The van der Waals surface area contributed by atoms with Crippen molar-refractivity contribution in [2.45, 2.75) is 26.0 Å². The van der Waals surface area contributed by atoms with Gasteiger partial charge in [0.15, 0.2) is 0 Å². The van der Waals surface area contributed by atoms with E-state index in [2.05, 4.69) is 32.5 Å². The summed E-state index contributed by atoms with van der Waals surface area (Å²) in [5.41, 5.74) is 4.94. The van der Waals surface area contributed by atoms with E-state index in [0.717, 1.165) is 46.7 Å². The van der Waals surface area contributed by atoms with Crippen LogP contribution in [-0.2, 0) is 11.8 Å². The number of rotatable bonds is 6. The summed E-state index contributed by atoms with van der Waals surface area (Å²) >= 11 is 0. The fourth-order valence-electron chi connectivity index (χ4n) is 5.36. The maximum Gasteiger partial charge on any atom is 0.249 e. The molecule has 1 saturated carbocycles. The van der Waals surface area contributed by atoms with E-state index in [1.165, 1.54) is 0 Å². The molecule has 4 aromatic heterocycles. The number of nitriles is 1. The molecule has 0 bridgehead atoms. The molecule has 0 radical (unpaired) electrons. The summed E-state index contributed by atoms with van der Waals surface area (Å²) in [6.45, 7) is 5.32. The van der Waals surface area contributed by atoms with E-state index in [9.17, 15) is 15.2 Å². The number of piperidine rings is 1. The predicted octanol–water partition coefficient (Wildman–Crippen LogP) is 2.24. The van der Waals surface area contributed by atoms with Crippen LogP contribution in [0.5, 0.6) is 0 Å². The Morgan fingerprint density at radius 3 is 2.51 bits per heavy atom. The lowest BCUT2D eigenvalue weighted by Gasteiger charge is -2.22. The molecule has 5 heterocycles. The minimum absolute atomic E-state index is 0.101. The lowest BCUT2D eigenvalue weighted by molar-refractivity contribution is -0.131. The first-order valence-corrected chi connectivity index (χ1v) is 12.4. The number of aromatic nitrogens is 5. The Morgan fingerprint density at radius 2 is 1.89 bits per heavy atom. The van der Waals surface area contributed by atoms with Crippen LogP contribution < -0.4 is 10.2 Å². The van der Waals surface area contributed by atoms with Crippen LogP contribution in [0, 0.1) is 29.1 Å². The number of pyridine rings is 2. The highest BCUT2D eigenvalue weighted by Crippen LogP contribution is 2.46. The average Bonchev–Trinajstić information content (AvgIpc) is 3.36. The summed E-state index contributed by atoms with van der Waals surface area (Å²) in [4.78, 5) is 19.2. The van der Waals surface area contributed by atoms with Gasteiger partial charge in [-0.2, -0.15) is 15.5 Å². The van der Waals surface area contributed by atoms with Crippen LogP contribution in [-0.4, -0.2) is 60.6 Å². The molecule has 37 heavy (non-hydrogen) atoms. The van der Waals surface area contributed by atoms with Crippen LogP contribution in [0.1, 0.15) is 19.4 Å². The van der Waals surface area contributed by atoms with Crippen LogP contribution in [0.25, 0.3) is 27.8 Å². The summed E-state index contributed by atoms with van der Waals surface area (Å²) in [6, 6.07) is 8.46. The Hall–Kier alpha value is -4.23. The molecular formula is C27H28N8O2. The second-order valence-corrected chi connectivity index (χ2v) is 10.4. The highest BCUT2D eigenvalue weighted by molar-refractivity contribution is 5.87. The molecule has 10 nitrogen and oxygen atoms in total. The van der Waals surface area contributed by atoms with E-state index >= 15 is 0 Å². The number of carbonyl (C=O) groups is 1. The number of aryl methyl sites for hydroxylation is 1. The Balaban J connectivity index is 1.22. The Bertz CT molecular complexity index is 1520. The van der Waals surface area contributed by atoms with Crippen molar-refractivity contribution >= 4 is 17.2 Å². The molecule has 4 aromatic rings. The first-order chi connectivity index (χ1) is 17.8. The van der Waals surface area contributed by atoms with Gasteiger partial charge in [-0.25, -0.2) is 9.50 Å². The molecule has 2 N–H and O–H groups in total. The van der Waals surface area contributed by atoms with Gasteiger partial charge in [-0.3, -0.25) is 9.48 Å². The van der Waals surface area contributed by atoms with Gasteiger partial charge in [0.25, 0.3) is 0 Å². The molecule has 0 spiro atoms. The summed E-state index contributed by atoms with van der Waals surface area (Å²) < 4.78 is 3.49. The molecule has 1 saturated heterocycles. The number of anilines is 1. The van der Waals surface area contributed by atoms with Crippen molar-refractivity contribution in [3.8, 4) is 28.3 Å². The molecular weight excluding hydrogens is 468 g/mol. The zero-order chi connectivity index (χ0) is 25.8. The Kier molecular flexibility index (Phi) is 5.46. The molecule has 2 fully saturated rings. The number of aliphatic hydroxyl groups excluding tert-OH is 1. The van der Waals surface area contributed by atoms with Crippen molar-refractivity contribution in [2.24, 2.45) is 24.8 Å². The van der Waals surface area contributed by atoms with E-state index in [1.807, 2.05) is 51.6 Å². The molecule has 6 rings (SSSR count). The number of amides is 1. The topological polar surface area (TPSA) is 124 Å². The zero-order valence-corrected chi connectivity index (χ0v) is 20.9. The van der Waals surface area contributed by atoms with E-state index in [0.29, 0.717) is 17.4 Å². The lowest BCUT2D eigenvalue weighted by atomic mass is 10.0. The van der Waals surface area contributed by atoms with Crippen LogP contribution in [0.4, 0.5) is 5.82 Å². The molecule has 1 amide bonds. The number of hydrogen-bond donors (Lipinski definition) is 2. The molecule has 4 atom stereocenters. The molecule has 10 heteroatoms. The van der Waals surface area contributed by atoms with Gasteiger partial charge in [0.05, 0.1) is 23.5 Å². The monoisotopic (exact) mass is 496 g/mol. The van der Waals surface area contributed by atoms with E-state index < -0.39 is 6.10 Å². The smallest absolute Gasteiger partial charge is 0.249 e. The molecule has 0 aromatic carbocycles. The first-order valence-electron chi connectivity index (χ1n) is 12.4. The largest absolute Gasteiger partial charge is 0.383 e. The number of fused-ring (bicyclic) bond motifs is 2. The zero-order valence-electron chi connectivity index (χ0n) is 20.9. The van der Waals surface area contributed by atoms with Crippen molar-refractivity contribution in [3.63, 3.8) is 0 Å². The van der Waals surface area contributed by atoms with Crippen molar-refractivity contribution in [1.29, 1.82) is 5.26 Å². The van der Waals surface area contributed by atoms with E-state index in [1.54, 1.807) is 21.6 Å². The van der Waals surface area contributed by atoms with E-state index in [4.69, 9.17) is 4.98 Å². The van der Waals surface area contributed by atoms with Gasteiger partial charge in [-0.15, -0.1) is 0 Å². The van der Waals surface area contributed by atoms with Crippen LogP contribution in [0.15, 0.2) is 49.2 Å². The number of nitrogens with one attached hydrogen (secondary N) is 1. The van der Waals surface area contributed by atoms with Gasteiger partial charge < -0.3 is 15.3 Å². The SMILES string of the molecule is CC(C)[C@@H](O)C(=O)N[C@H]1[C@@H]2CN(c3ccc(-c4cc(-c5cnn(C)c5)cn5ncc(C#N)c45)cn3)C[C@@H]21. The van der Waals surface area contributed by atoms with Crippen molar-refractivity contribution in [1.82, 2.24) is 29.7 Å². The molecule has 1 aliphatic heterocycles. The third-order valence-electron chi connectivity index (χ3n) is 7.56. The second-order valence-electron chi connectivity index (χ2n) is 10.4. The quantitative estimate of drug-likeness (QED) is 0.419. The molecule has 1 aliphatic carbocycles. The number of nitrogens with zero attached hydrogens (tertiary/aromatic N) is 7. The predicted molar refractivity (Wildman–Crippen MR) is 137 cm³/mol. The molecule has 188 valence electrons. The van der Waals surface area contributed by atoms with Gasteiger partial charge in [-0.1, -0.05) is 13.8 Å². The normalized spacial score (nSPS) is 21.2. The maximum atomic E-state index is 12.2. The summed E-state index contributed by atoms with van der Waals surface area (Å²) in [5, 5.41) is 31.3. The Labute approximate surface area is 214 Å². The summed E-state index contributed by atoms with van der Waals surface area (Å²) in [7, 11) is 1.88.